The van der Waals surface area contributed by atoms with Crippen molar-refractivity contribution in [1.82, 2.24) is 0 Å². The molecular formula is C17H25BO5. The first-order valence-electron chi connectivity index (χ1n) is 7.76. The van der Waals surface area contributed by atoms with Gasteiger partial charge in [-0.3, -0.25) is 4.79 Å². The lowest BCUT2D eigenvalue weighted by molar-refractivity contribution is -0.148. The molecule has 0 saturated carbocycles. The highest BCUT2D eigenvalue weighted by Gasteiger charge is 2.51. The zero-order valence-corrected chi connectivity index (χ0v) is 14.7. The van der Waals surface area contributed by atoms with E-state index in [1.807, 2.05) is 39.8 Å². The van der Waals surface area contributed by atoms with Crippen LogP contribution >= 0.6 is 0 Å². The summed E-state index contributed by atoms with van der Waals surface area (Å²) in [5.41, 5.74) is -0.769. The van der Waals surface area contributed by atoms with Gasteiger partial charge in [0, 0.05) is 0 Å². The Hall–Kier alpha value is -1.53. The lowest BCUT2D eigenvalue weighted by Gasteiger charge is -2.32. The Labute approximate surface area is 138 Å². The minimum absolute atomic E-state index is 0.109. The maximum Gasteiger partial charge on any atom is 0.494 e. The van der Waals surface area contributed by atoms with Crippen LogP contribution in [0.25, 0.3) is 0 Å². The van der Waals surface area contributed by atoms with Crippen LogP contribution in [0.5, 0.6) is 5.75 Å². The van der Waals surface area contributed by atoms with Crippen molar-refractivity contribution in [1.29, 1.82) is 0 Å². The van der Waals surface area contributed by atoms with Crippen LogP contribution in [0, 0.1) is 5.41 Å². The molecule has 1 aromatic carbocycles. The second-order valence-electron chi connectivity index (χ2n) is 7.63. The number of ether oxygens (including phenoxy) is 1. The van der Waals surface area contributed by atoms with Crippen LogP contribution < -0.4 is 10.2 Å². The molecular weight excluding hydrogens is 295 g/mol. The predicted molar refractivity (Wildman–Crippen MR) is 89.1 cm³/mol. The Kier molecular flexibility index (Phi) is 4.52. The Balaban J connectivity index is 2.02. The predicted octanol–water partition coefficient (Wildman–Crippen LogP) is 2.48. The Bertz CT molecular complexity index is 561. The summed E-state index contributed by atoms with van der Waals surface area (Å²) in [6.45, 7) is 11.4. The van der Waals surface area contributed by atoms with Gasteiger partial charge in [0.15, 0.2) is 0 Å². The minimum atomic E-state index is -0.926. The van der Waals surface area contributed by atoms with Crippen molar-refractivity contribution in [2.24, 2.45) is 5.41 Å². The molecule has 0 amide bonds. The molecule has 1 fully saturated rings. The van der Waals surface area contributed by atoms with E-state index in [4.69, 9.17) is 19.2 Å². The zero-order valence-electron chi connectivity index (χ0n) is 14.7. The van der Waals surface area contributed by atoms with E-state index in [-0.39, 0.29) is 17.8 Å². The fraction of sp³-hybridized carbons (Fsp3) is 0.588. The largest absolute Gasteiger partial charge is 0.494 e. The first-order valence-corrected chi connectivity index (χ1v) is 7.76. The van der Waals surface area contributed by atoms with Gasteiger partial charge in [0.1, 0.15) is 12.4 Å². The average molecular weight is 320 g/mol. The molecule has 1 aliphatic heterocycles. The number of carboxylic acids is 1. The smallest absolute Gasteiger partial charge is 0.492 e. The van der Waals surface area contributed by atoms with Crippen molar-refractivity contribution in [2.45, 2.75) is 52.7 Å². The summed E-state index contributed by atoms with van der Waals surface area (Å²) in [6.07, 6.45) is 0. The summed E-state index contributed by atoms with van der Waals surface area (Å²) < 4.78 is 17.6. The van der Waals surface area contributed by atoms with E-state index in [1.165, 1.54) is 0 Å². The van der Waals surface area contributed by atoms with Crippen molar-refractivity contribution in [2.75, 3.05) is 6.61 Å². The molecule has 1 aliphatic rings. The zero-order chi connectivity index (χ0) is 17.5. The van der Waals surface area contributed by atoms with Crippen molar-refractivity contribution < 1.29 is 23.9 Å². The molecule has 0 aromatic heterocycles. The molecule has 126 valence electrons. The van der Waals surface area contributed by atoms with Gasteiger partial charge < -0.3 is 19.2 Å². The molecule has 1 aromatic rings. The van der Waals surface area contributed by atoms with E-state index in [9.17, 15) is 4.79 Å². The first-order chi connectivity index (χ1) is 10.4. The Morgan fingerprint density at radius 3 is 2.04 bits per heavy atom. The molecule has 0 spiro atoms. The molecule has 0 radical (unpaired) electrons. The summed E-state index contributed by atoms with van der Waals surface area (Å²) in [5.74, 6) is -0.258. The van der Waals surface area contributed by atoms with Gasteiger partial charge >= 0.3 is 13.1 Å². The molecule has 0 unspecified atom stereocenters. The maximum atomic E-state index is 11.1. The summed E-state index contributed by atoms with van der Waals surface area (Å²) >= 11 is 0. The third kappa shape index (κ3) is 3.70. The number of carbonyl (C=O) groups is 1. The molecule has 1 heterocycles. The molecule has 0 bridgehead atoms. The van der Waals surface area contributed by atoms with Crippen molar-refractivity contribution in [3.05, 3.63) is 24.3 Å². The van der Waals surface area contributed by atoms with Crippen LogP contribution in [-0.2, 0) is 14.1 Å². The summed E-state index contributed by atoms with van der Waals surface area (Å²) in [4.78, 5) is 11.1. The molecule has 1 N–H and O–H groups in total. The number of rotatable bonds is 5. The van der Waals surface area contributed by atoms with Gasteiger partial charge in [-0.2, -0.15) is 0 Å². The van der Waals surface area contributed by atoms with E-state index in [0.29, 0.717) is 5.75 Å². The Morgan fingerprint density at radius 1 is 1.13 bits per heavy atom. The second-order valence-corrected chi connectivity index (χ2v) is 7.63. The Morgan fingerprint density at radius 2 is 1.61 bits per heavy atom. The lowest BCUT2D eigenvalue weighted by Crippen LogP contribution is -2.41. The summed E-state index contributed by atoms with van der Waals surface area (Å²) in [6, 6.07) is 7.37. The van der Waals surface area contributed by atoms with E-state index >= 15 is 0 Å². The van der Waals surface area contributed by atoms with Crippen molar-refractivity contribution in [3.63, 3.8) is 0 Å². The lowest BCUT2D eigenvalue weighted by atomic mass is 9.79. The number of benzene rings is 1. The number of aliphatic carboxylic acids is 1. The number of hydrogen-bond acceptors (Lipinski definition) is 4. The highest BCUT2D eigenvalue weighted by molar-refractivity contribution is 6.62. The maximum absolute atomic E-state index is 11.1. The molecule has 23 heavy (non-hydrogen) atoms. The number of hydrogen-bond donors (Lipinski definition) is 1. The molecule has 1 saturated heterocycles. The van der Waals surface area contributed by atoms with Crippen LogP contribution in [0.4, 0.5) is 0 Å². The second kappa shape index (κ2) is 5.84. The van der Waals surface area contributed by atoms with Crippen LogP contribution in [0.2, 0.25) is 0 Å². The summed E-state index contributed by atoms with van der Waals surface area (Å²) in [7, 11) is -0.412. The highest BCUT2D eigenvalue weighted by Crippen LogP contribution is 2.36. The normalized spacial score (nSPS) is 19.7. The van der Waals surface area contributed by atoms with Crippen molar-refractivity contribution >= 4 is 18.6 Å². The molecule has 6 heteroatoms. The van der Waals surface area contributed by atoms with Gasteiger partial charge in [-0.15, -0.1) is 0 Å². The van der Waals surface area contributed by atoms with Crippen LogP contribution in [0.15, 0.2) is 24.3 Å². The molecule has 2 rings (SSSR count). The highest BCUT2D eigenvalue weighted by atomic mass is 16.7. The summed E-state index contributed by atoms with van der Waals surface area (Å²) in [5, 5.41) is 9.09. The number of carboxylic acid groups (broad SMARTS) is 1. The third-order valence-electron chi connectivity index (χ3n) is 4.58. The third-order valence-corrected chi connectivity index (χ3v) is 4.58. The fourth-order valence-electron chi connectivity index (χ4n) is 2.03. The SMILES string of the molecule is CC(C)(COc1ccc(B2OC(C)(C)C(C)(C)O2)cc1)C(=O)O. The van der Waals surface area contributed by atoms with Gasteiger partial charge in [-0.05, 0) is 59.1 Å². The van der Waals surface area contributed by atoms with E-state index in [2.05, 4.69) is 0 Å². The fourth-order valence-corrected chi connectivity index (χ4v) is 2.03. The van der Waals surface area contributed by atoms with Gasteiger partial charge in [0.25, 0.3) is 0 Å². The monoisotopic (exact) mass is 320 g/mol. The van der Waals surface area contributed by atoms with Crippen LogP contribution in [-0.4, -0.2) is 36.0 Å². The van der Waals surface area contributed by atoms with E-state index in [0.717, 1.165) is 5.46 Å². The van der Waals surface area contributed by atoms with Gasteiger partial charge in [0.2, 0.25) is 0 Å². The standard InChI is InChI=1S/C17H25BO5/c1-15(2,14(19)20)11-21-13-9-7-12(8-10-13)18-22-16(3,4)17(5,6)23-18/h7-10H,11H2,1-6H3,(H,19,20). The first kappa shape index (κ1) is 17.8. The van der Waals surface area contributed by atoms with Gasteiger partial charge in [0.05, 0.1) is 16.6 Å². The molecule has 0 aliphatic carbocycles. The van der Waals surface area contributed by atoms with Crippen LogP contribution in [0.3, 0.4) is 0 Å². The average Bonchev–Trinajstić information content (AvgIpc) is 2.66. The minimum Gasteiger partial charge on any atom is -0.492 e. The molecule has 5 nitrogen and oxygen atoms in total. The van der Waals surface area contributed by atoms with Crippen molar-refractivity contribution in [3.8, 4) is 5.75 Å². The van der Waals surface area contributed by atoms with Crippen LogP contribution in [0.1, 0.15) is 41.5 Å². The molecule has 0 atom stereocenters. The van der Waals surface area contributed by atoms with Gasteiger partial charge in [-0.25, -0.2) is 0 Å². The quantitative estimate of drug-likeness (QED) is 0.845. The topological polar surface area (TPSA) is 65.0 Å². The van der Waals surface area contributed by atoms with Gasteiger partial charge in [-0.1, -0.05) is 12.1 Å². The van der Waals surface area contributed by atoms with E-state index in [1.54, 1.807) is 26.0 Å². The van der Waals surface area contributed by atoms with E-state index < -0.39 is 18.5 Å².